The van der Waals surface area contributed by atoms with Crippen LogP contribution in [0.4, 0.5) is 0 Å². The van der Waals surface area contributed by atoms with Crippen molar-refractivity contribution in [2.75, 3.05) is 0 Å². The lowest BCUT2D eigenvalue weighted by Gasteiger charge is -2.14. The molecule has 1 aromatic carbocycles. The van der Waals surface area contributed by atoms with Gasteiger partial charge in [0.05, 0.1) is 0 Å². The van der Waals surface area contributed by atoms with Crippen LogP contribution in [0.3, 0.4) is 0 Å². The second-order valence-electron chi connectivity index (χ2n) is 4.01. The zero-order chi connectivity index (χ0) is 12.1. The monoisotopic (exact) mass is 338 g/mol. The van der Waals surface area contributed by atoms with Gasteiger partial charge in [-0.3, -0.25) is 4.98 Å². The highest BCUT2D eigenvalue weighted by molar-refractivity contribution is 14.1. The van der Waals surface area contributed by atoms with Crippen LogP contribution in [0.2, 0.25) is 0 Å². The van der Waals surface area contributed by atoms with Gasteiger partial charge in [0.2, 0.25) is 0 Å². The van der Waals surface area contributed by atoms with Gasteiger partial charge in [-0.1, -0.05) is 12.1 Å². The molecule has 17 heavy (non-hydrogen) atoms. The Bertz CT molecular complexity index is 453. The fourth-order valence-electron chi connectivity index (χ4n) is 1.64. The molecule has 0 aliphatic heterocycles. The summed E-state index contributed by atoms with van der Waals surface area (Å²) in [7, 11) is 0. The van der Waals surface area contributed by atoms with Crippen molar-refractivity contribution in [2.45, 2.75) is 19.5 Å². The summed E-state index contributed by atoms with van der Waals surface area (Å²) >= 11 is 2.32. The van der Waals surface area contributed by atoms with Crippen molar-refractivity contribution >= 4 is 22.6 Å². The molecule has 1 atom stereocenters. The summed E-state index contributed by atoms with van der Waals surface area (Å²) in [5, 5.41) is 3.50. The summed E-state index contributed by atoms with van der Waals surface area (Å²) in [6.07, 6.45) is 3.66. The molecule has 0 bridgehead atoms. The van der Waals surface area contributed by atoms with Gasteiger partial charge in [-0.25, -0.2) is 0 Å². The fourth-order valence-corrected chi connectivity index (χ4v) is 2.00. The minimum absolute atomic E-state index is 0.345. The summed E-state index contributed by atoms with van der Waals surface area (Å²) in [6.45, 7) is 3.06. The Morgan fingerprint density at radius 3 is 2.41 bits per heavy atom. The maximum absolute atomic E-state index is 4.03. The number of hydrogen-bond acceptors (Lipinski definition) is 2. The molecule has 2 nitrogen and oxygen atoms in total. The van der Waals surface area contributed by atoms with Crippen molar-refractivity contribution in [1.82, 2.24) is 10.3 Å². The second-order valence-corrected chi connectivity index (χ2v) is 5.26. The summed E-state index contributed by atoms with van der Waals surface area (Å²) < 4.78 is 1.27. The SMILES string of the molecule is C[C@H](NCc1ccc(I)cc1)c1ccncc1. The lowest BCUT2D eigenvalue weighted by molar-refractivity contribution is 0.574. The average molecular weight is 338 g/mol. The third-order valence-electron chi connectivity index (χ3n) is 2.73. The van der Waals surface area contributed by atoms with E-state index in [1.165, 1.54) is 14.7 Å². The van der Waals surface area contributed by atoms with E-state index in [9.17, 15) is 0 Å². The second kappa shape index (κ2) is 6.12. The van der Waals surface area contributed by atoms with Crippen LogP contribution in [0.1, 0.15) is 24.1 Å². The van der Waals surface area contributed by atoms with Crippen LogP contribution in [-0.2, 0) is 6.54 Å². The Morgan fingerprint density at radius 1 is 1.12 bits per heavy atom. The molecule has 0 fully saturated rings. The summed E-state index contributed by atoms with van der Waals surface area (Å²) in [5.74, 6) is 0. The van der Waals surface area contributed by atoms with Crippen LogP contribution in [0, 0.1) is 3.57 Å². The maximum Gasteiger partial charge on any atom is 0.0296 e. The van der Waals surface area contributed by atoms with E-state index in [0.29, 0.717) is 6.04 Å². The molecule has 0 saturated heterocycles. The van der Waals surface area contributed by atoms with Gasteiger partial charge < -0.3 is 5.32 Å². The van der Waals surface area contributed by atoms with E-state index in [1.807, 2.05) is 24.5 Å². The lowest BCUT2D eigenvalue weighted by atomic mass is 10.1. The normalized spacial score (nSPS) is 12.4. The molecule has 0 radical (unpaired) electrons. The van der Waals surface area contributed by atoms with Crippen molar-refractivity contribution in [3.63, 3.8) is 0 Å². The number of pyridine rings is 1. The van der Waals surface area contributed by atoms with Crippen molar-refractivity contribution in [3.8, 4) is 0 Å². The number of nitrogens with one attached hydrogen (secondary N) is 1. The van der Waals surface area contributed by atoms with Gasteiger partial charge in [0.1, 0.15) is 0 Å². The van der Waals surface area contributed by atoms with E-state index in [-0.39, 0.29) is 0 Å². The van der Waals surface area contributed by atoms with E-state index < -0.39 is 0 Å². The summed E-state index contributed by atoms with van der Waals surface area (Å²) in [4.78, 5) is 4.03. The van der Waals surface area contributed by atoms with E-state index in [2.05, 4.69) is 64.1 Å². The van der Waals surface area contributed by atoms with Gasteiger partial charge in [0.25, 0.3) is 0 Å². The fraction of sp³-hybridized carbons (Fsp3) is 0.214. The van der Waals surface area contributed by atoms with Crippen molar-refractivity contribution < 1.29 is 0 Å². The number of aromatic nitrogens is 1. The minimum atomic E-state index is 0.345. The van der Waals surface area contributed by atoms with Gasteiger partial charge in [-0.15, -0.1) is 0 Å². The molecule has 3 heteroatoms. The number of rotatable bonds is 4. The van der Waals surface area contributed by atoms with Gasteiger partial charge >= 0.3 is 0 Å². The first-order valence-electron chi connectivity index (χ1n) is 5.63. The molecule has 2 rings (SSSR count). The third-order valence-corrected chi connectivity index (χ3v) is 3.45. The Kier molecular flexibility index (Phi) is 4.50. The first-order valence-corrected chi connectivity index (χ1v) is 6.71. The Morgan fingerprint density at radius 2 is 1.76 bits per heavy atom. The summed E-state index contributed by atoms with van der Waals surface area (Å²) in [5.41, 5.74) is 2.58. The first kappa shape index (κ1) is 12.5. The molecule has 1 heterocycles. The topological polar surface area (TPSA) is 24.9 Å². The molecular formula is C14H15IN2. The van der Waals surface area contributed by atoms with E-state index in [1.54, 1.807) is 0 Å². The molecule has 0 aliphatic rings. The van der Waals surface area contributed by atoms with Gasteiger partial charge in [0, 0.05) is 28.6 Å². The quantitative estimate of drug-likeness (QED) is 0.863. The zero-order valence-electron chi connectivity index (χ0n) is 9.73. The molecular weight excluding hydrogens is 323 g/mol. The molecule has 1 aromatic heterocycles. The van der Waals surface area contributed by atoms with Gasteiger partial charge in [0.15, 0.2) is 0 Å². The predicted molar refractivity (Wildman–Crippen MR) is 78.7 cm³/mol. The lowest BCUT2D eigenvalue weighted by Crippen LogP contribution is -2.17. The molecule has 1 N–H and O–H groups in total. The van der Waals surface area contributed by atoms with Crippen LogP contribution in [-0.4, -0.2) is 4.98 Å². The molecule has 0 amide bonds. The standard InChI is InChI=1S/C14H15IN2/c1-11(13-6-8-16-9-7-13)17-10-12-2-4-14(15)5-3-12/h2-9,11,17H,10H2,1H3/t11-/m0/s1. The van der Waals surface area contributed by atoms with Crippen LogP contribution in [0.15, 0.2) is 48.8 Å². The van der Waals surface area contributed by atoms with Crippen molar-refractivity contribution in [2.24, 2.45) is 0 Å². The molecule has 0 aliphatic carbocycles. The van der Waals surface area contributed by atoms with Gasteiger partial charge in [-0.2, -0.15) is 0 Å². The molecule has 88 valence electrons. The van der Waals surface area contributed by atoms with Crippen LogP contribution < -0.4 is 5.32 Å². The zero-order valence-corrected chi connectivity index (χ0v) is 11.9. The first-order chi connectivity index (χ1) is 8.25. The van der Waals surface area contributed by atoms with Crippen molar-refractivity contribution in [3.05, 3.63) is 63.5 Å². The van der Waals surface area contributed by atoms with E-state index in [4.69, 9.17) is 0 Å². The highest BCUT2D eigenvalue weighted by atomic mass is 127. The average Bonchev–Trinajstić information content (AvgIpc) is 2.39. The van der Waals surface area contributed by atoms with Gasteiger partial charge in [-0.05, 0) is 64.9 Å². The van der Waals surface area contributed by atoms with Crippen LogP contribution in [0.5, 0.6) is 0 Å². The number of halogens is 1. The highest BCUT2D eigenvalue weighted by Gasteiger charge is 2.03. The molecule has 0 spiro atoms. The predicted octanol–water partition coefficient (Wildman–Crippen LogP) is 3.54. The van der Waals surface area contributed by atoms with Crippen LogP contribution in [0.25, 0.3) is 0 Å². The van der Waals surface area contributed by atoms with Crippen molar-refractivity contribution in [1.29, 1.82) is 0 Å². The highest BCUT2D eigenvalue weighted by Crippen LogP contribution is 2.12. The molecule has 2 aromatic rings. The Labute approximate surface area is 116 Å². The molecule has 0 unspecified atom stereocenters. The number of hydrogen-bond donors (Lipinski definition) is 1. The number of benzene rings is 1. The third kappa shape index (κ3) is 3.78. The minimum Gasteiger partial charge on any atom is -0.306 e. The Balaban J connectivity index is 1.92. The smallest absolute Gasteiger partial charge is 0.0296 e. The largest absolute Gasteiger partial charge is 0.306 e. The molecule has 0 saturated carbocycles. The van der Waals surface area contributed by atoms with E-state index >= 15 is 0 Å². The van der Waals surface area contributed by atoms with Crippen LogP contribution >= 0.6 is 22.6 Å². The summed E-state index contributed by atoms with van der Waals surface area (Å²) in [6, 6.07) is 13.0. The van der Waals surface area contributed by atoms with E-state index in [0.717, 1.165) is 6.54 Å². The maximum atomic E-state index is 4.03. The Hall–Kier alpha value is -0.940. The number of nitrogens with zero attached hydrogens (tertiary/aromatic N) is 1.